The molecule has 8 nitrogen and oxygen atoms in total. The molecule has 1 aromatic heterocycles. The van der Waals surface area contributed by atoms with Crippen molar-refractivity contribution in [1.82, 2.24) is 14.8 Å². The van der Waals surface area contributed by atoms with Gasteiger partial charge in [0, 0.05) is 12.6 Å². The van der Waals surface area contributed by atoms with E-state index in [2.05, 4.69) is 22.1 Å². The van der Waals surface area contributed by atoms with Gasteiger partial charge in [0.25, 0.3) is 0 Å². The van der Waals surface area contributed by atoms with Crippen LogP contribution in [0.5, 0.6) is 17.2 Å². The number of nitrogens with zero attached hydrogens (tertiary/aromatic N) is 3. The number of carbonyl (C=O) groups is 1. The number of rotatable bonds is 11. The Balaban J connectivity index is 1.63. The average molecular weight is 455 g/mol. The first-order chi connectivity index (χ1) is 15.5. The molecule has 0 atom stereocenters. The summed E-state index contributed by atoms with van der Waals surface area (Å²) in [5.74, 6) is 2.53. The highest BCUT2D eigenvalue weighted by Crippen LogP contribution is 2.29. The van der Waals surface area contributed by atoms with Gasteiger partial charge in [-0.2, -0.15) is 0 Å². The van der Waals surface area contributed by atoms with Gasteiger partial charge in [0.15, 0.2) is 11.0 Å². The molecule has 32 heavy (non-hydrogen) atoms. The first kappa shape index (κ1) is 23.2. The Bertz CT molecular complexity index is 1070. The van der Waals surface area contributed by atoms with E-state index >= 15 is 0 Å². The van der Waals surface area contributed by atoms with E-state index in [1.807, 2.05) is 35.8 Å². The molecule has 0 saturated heterocycles. The van der Waals surface area contributed by atoms with Crippen molar-refractivity contribution in [2.24, 2.45) is 0 Å². The van der Waals surface area contributed by atoms with Crippen molar-refractivity contribution in [3.8, 4) is 17.2 Å². The monoisotopic (exact) mass is 454 g/mol. The Kier molecular flexibility index (Phi) is 8.15. The van der Waals surface area contributed by atoms with Gasteiger partial charge < -0.3 is 19.5 Å². The third kappa shape index (κ3) is 6.04. The van der Waals surface area contributed by atoms with Crippen LogP contribution in [0.2, 0.25) is 0 Å². The lowest BCUT2D eigenvalue weighted by Crippen LogP contribution is -2.15. The van der Waals surface area contributed by atoms with Gasteiger partial charge >= 0.3 is 0 Å². The Morgan fingerprint density at radius 2 is 1.88 bits per heavy atom. The van der Waals surface area contributed by atoms with Crippen molar-refractivity contribution in [1.29, 1.82) is 0 Å². The van der Waals surface area contributed by atoms with Gasteiger partial charge in [-0.3, -0.25) is 9.36 Å². The Labute approximate surface area is 191 Å². The van der Waals surface area contributed by atoms with Gasteiger partial charge in [-0.15, -0.1) is 16.8 Å². The fourth-order valence-electron chi connectivity index (χ4n) is 2.86. The number of carbonyl (C=O) groups excluding carboxylic acids is 1. The zero-order valence-electron chi connectivity index (χ0n) is 18.3. The molecule has 0 spiro atoms. The summed E-state index contributed by atoms with van der Waals surface area (Å²) in [4.78, 5) is 12.5. The molecule has 168 valence electrons. The second kappa shape index (κ2) is 11.2. The molecule has 0 saturated carbocycles. The van der Waals surface area contributed by atoms with Crippen molar-refractivity contribution in [3.05, 3.63) is 66.5 Å². The quantitative estimate of drug-likeness (QED) is 0.345. The summed E-state index contributed by atoms with van der Waals surface area (Å²) in [6.45, 7) is 6.59. The molecule has 1 amide bonds. The number of nitrogens with one attached hydrogen (secondary N) is 1. The summed E-state index contributed by atoms with van der Waals surface area (Å²) in [6, 6.07) is 13.0. The lowest BCUT2D eigenvalue weighted by molar-refractivity contribution is -0.113. The lowest BCUT2D eigenvalue weighted by Gasteiger charge is -2.12. The van der Waals surface area contributed by atoms with E-state index in [0.29, 0.717) is 34.7 Å². The molecule has 0 aliphatic heterocycles. The maximum atomic E-state index is 12.5. The molecule has 0 radical (unpaired) electrons. The molecule has 0 aliphatic rings. The number of anilines is 1. The van der Waals surface area contributed by atoms with Gasteiger partial charge in [0.2, 0.25) is 5.91 Å². The van der Waals surface area contributed by atoms with Crippen LogP contribution in [0, 0.1) is 6.92 Å². The van der Waals surface area contributed by atoms with E-state index in [0.717, 1.165) is 11.3 Å². The van der Waals surface area contributed by atoms with Crippen LogP contribution in [-0.2, 0) is 17.9 Å². The lowest BCUT2D eigenvalue weighted by atomic mass is 10.2. The zero-order chi connectivity index (χ0) is 22.9. The first-order valence-electron chi connectivity index (χ1n) is 9.91. The number of allylic oxidation sites excluding steroid dienone is 1. The first-order valence-corrected chi connectivity index (χ1v) is 10.9. The predicted molar refractivity (Wildman–Crippen MR) is 125 cm³/mol. The number of aromatic nitrogens is 3. The molecule has 0 fully saturated rings. The topological polar surface area (TPSA) is 87.5 Å². The maximum absolute atomic E-state index is 12.5. The minimum absolute atomic E-state index is 0.147. The summed E-state index contributed by atoms with van der Waals surface area (Å²) in [5, 5.41) is 11.9. The van der Waals surface area contributed by atoms with E-state index in [-0.39, 0.29) is 18.3 Å². The summed E-state index contributed by atoms with van der Waals surface area (Å²) in [6.07, 6.45) is 1.75. The summed E-state index contributed by atoms with van der Waals surface area (Å²) in [7, 11) is 3.11. The van der Waals surface area contributed by atoms with E-state index in [9.17, 15) is 4.79 Å². The van der Waals surface area contributed by atoms with E-state index in [1.165, 1.54) is 11.8 Å². The van der Waals surface area contributed by atoms with Gasteiger partial charge in [0.1, 0.15) is 23.9 Å². The Hall–Kier alpha value is -3.46. The number of ether oxygens (including phenoxy) is 3. The number of amides is 1. The van der Waals surface area contributed by atoms with E-state index in [4.69, 9.17) is 14.2 Å². The second-order valence-corrected chi connectivity index (χ2v) is 7.75. The third-order valence-electron chi connectivity index (χ3n) is 4.51. The zero-order valence-corrected chi connectivity index (χ0v) is 19.1. The van der Waals surface area contributed by atoms with Crippen LogP contribution in [0.3, 0.4) is 0 Å². The Morgan fingerprint density at radius 3 is 2.56 bits per heavy atom. The molecule has 3 rings (SSSR count). The third-order valence-corrected chi connectivity index (χ3v) is 5.47. The van der Waals surface area contributed by atoms with E-state index in [1.54, 1.807) is 38.5 Å². The smallest absolute Gasteiger partial charge is 0.234 e. The fourth-order valence-corrected chi connectivity index (χ4v) is 3.62. The molecule has 0 bridgehead atoms. The van der Waals surface area contributed by atoms with Crippen molar-refractivity contribution < 1.29 is 19.0 Å². The standard InChI is InChI=1S/C23H26N4O4S/c1-5-12-27-21(14-31-17-8-6-16(2)7-9-17)25-26-23(27)32-15-22(28)24-19-13-18(29-3)10-11-20(19)30-4/h5-11,13H,1,12,14-15H2,2-4H3,(H,24,28). The summed E-state index contributed by atoms with van der Waals surface area (Å²) < 4.78 is 18.2. The number of methoxy groups -OCH3 is 2. The van der Waals surface area contributed by atoms with Gasteiger partial charge in [0.05, 0.1) is 25.7 Å². The van der Waals surface area contributed by atoms with Crippen LogP contribution in [0.15, 0.2) is 60.3 Å². The second-order valence-electron chi connectivity index (χ2n) is 6.80. The number of hydrogen-bond donors (Lipinski definition) is 1. The largest absolute Gasteiger partial charge is 0.497 e. The van der Waals surface area contributed by atoms with Gasteiger partial charge in [-0.1, -0.05) is 35.5 Å². The minimum Gasteiger partial charge on any atom is -0.497 e. The van der Waals surface area contributed by atoms with Crippen LogP contribution in [0.25, 0.3) is 0 Å². The van der Waals surface area contributed by atoms with Crippen molar-refractivity contribution in [3.63, 3.8) is 0 Å². The number of hydrogen-bond acceptors (Lipinski definition) is 7. The van der Waals surface area contributed by atoms with Crippen LogP contribution >= 0.6 is 11.8 Å². The number of benzene rings is 2. The minimum atomic E-state index is -0.202. The van der Waals surface area contributed by atoms with Crippen molar-refractivity contribution in [2.45, 2.75) is 25.2 Å². The molecule has 0 aliphatic carbocycles. The molecule has 1 N–H and O–H groups in total. The van der Waals surface area contributed by atoms with Crippen molar-refractivity contribution in [2.75, 3.05) is 25.3 Å². The SMILES string of the molecule is C=CCn1c(COc2ccc(C)cc2)nnc1SCC(=O)Nc1cc(OC)ccc1OC. The highest BCUT2D eigenvalue weighted by molar-refractivity contribution is 7.99. The molecule has 9 heteroatoms. The predicted octanol–water partition coefficient (Wildman–Crippen LogP) is 4.10. The van der Waals surface area contributed by atoms with Crippen LogP contribution in [0.4, 0.5) is 5.69 Å². The van der Waals surface area contributed by atoms with Crippen LogP contribution in [0.1, 0.15) is 11.4 Å². The van der Waals surface area contributed by atoms with Crippen molar-refractivity contribution >= 4 is 23.4 Å². The number of thioether (sulfide) groups is 1. The molecular formula is C23H26N4O4S. The Morgan fingerprint density at radius 1 is 1.12 bits per heavy atom. The van der Waals surface area contributed by atoms with Crippen LogP contribution in [-0.4, -0.2) is 40.6 Å². The maximum Gasteiger partial charge on any atom is 0.234 e. The molecule has 0 unspecified atom stereocenters. The van der Waals surface area contributed by atoms with Gasteiger partial charge in [-0.05, 0) is 31.2 Å². The van der Waals surface area contributed by atoms with Crippen LogP contribution < -0.4 is 19.5 Å². The summed E-state index contributed by atoms with van der Waals surface area (Å²) in [5.41, 5.74) is 1.70. The van der Waals surface area contributed by atoms with Gasteiger partial charge in [-0.25, -0.2) is 0 Å². The fraction of sp³-hybridized carbons (Fsp3) is 0.261. The molecule has 3 aromatic rings. The normalized spacial score (nSPS) is 10.5. The molecular weight excluding hydrogens is 428 g/mol. The number of aryl methyl sites for hydroxylation is 1. The highest BCUT2D eigenvalue weighted by atomic mass is 32.2. The highest BCUT2D eigenvalue weighted by Gasteiger charge is 2.15. The molecule has 1 heterocycles. The van der Waals surface area contributed by atoms with E-state index < -0.39 is 0 Å². The average Bonchev–Trinajstić information content (AvgIpc) is 3.19. The molecule has 2 aromatic carbocycles. The summed E-state index contributed by atoms with van der Waals surface area (Å²) >= 11 is 1.28.